The molecule has 1 aliphatic rings. The lowest BCUT2D eigenvalue weighted by atomic mass is 9.99. The van der Waals surface area contributed by atoms with Gasteiger partial charge in [-0.1, -0.05) is 331 Å². The Hall–Kier alpha value is -2.90. The van der Waals surface area contributed by atoms with Crippen molar-refractivity contribution in [2.24, 2.45) is 0 Å². The maximum atomic E-state index is 13.5. The Morgan fingerprint density at radius 2 is 0.758 bits per heavy atom. The molecule has 0 spiro atoms. The molecule has 6 N–H and O–H groups in total. The van der Waals surface area contributed by atoms with Crippen molar-refractivity contribution in [3.63, 3.8) is 0 Å². The van der Waals surface area contributed by atoms with Gasteiger partial charge in [-0.3, -0.25) is 9.59 Å². The Kier molecular flexibility index (Phi) is 63.5. The second kappa shape index (κ2) is 67.1. The predicted molar refractivity (Wildman–Crippen MR) is 384 cm³/mol. The van der Waals surface area contributed by atoms with Gasteiger partial charge >= 0.3 is 5.97 Å². The number of nitrogens with one attached hydrogen (secondary N) is 1. The predicted octanol–water partition coefficient (Wildman–Crippen LogP) is 20.6. The maximum absolute atomic E-state index is 13.5. The van der Waals surface area contributed by atoms with Gasteiger partial charge in [0, 0.05) is 6.42 Å². The second-order valence-electron chi connectivity index (χ2n) is 26.7. The van der Waals surface area contributed by atoms with Crippen molar-refractivity contribution in [1.82, 2.24) is 5.32 Å². The maximum Gasteiger partial charge on any atom is 0.306 e. The number of rotatable bonds is 67. The minimum absolute atomic E-state index is 0.124. The van der Waals surface area contributed by atoms with E-state index in [9.17, 15) is 35.1 Å². The number of aliphatic hydroxyl groups is 5. The average molecular weight is 1280 g/mol. The monoisotopic (exact) mass is 1280 g/mol. The lowest BCUT2D eigenvalue weighted by Gasteiger charge is -2.41. The fraction of sp³-hybridized carbons (Fsp3) is 0.825. The third-order valence-electron chi connectivity index (χ3n) is 18.1. The van der Waals surface area contributed by atoms with Crippen LogP contribution in [0.4, 0.5) is 0 Å². The molecule has 1 fully saturated rings. The highest BCUT2D eigenvalue weighted by Gasteiger charge is 2.47. The molecule has 1 rings (SSSR count). The Balaban J connectivity index is 2.54. The molecule has 0 saturated carbocycles. The summed E-state index contributed by atoms with van der Waals surface area (Å²) in [6.07, 6.45) is 78.0. The Labute approximate surface area is 560 Å². The van der Waals surface area contributed by atoms with E-state index in [1.165, 1.54) is 231 Å². The van der Waals surface area contributed by atoms with Crippen LogP contribution in [0.2, 0.25) is 0 Å². The molecule has 11 heteroatoms. The van der Waals surface area contributed by atoms with Crippen molar-refractivity contribution in [2.45, 2.75) is 410 Å². The summed E-state index contributed by atoms with van der Waals surface area (Å²) in [5.74, 6) is -1.19. The molecule has 8 unspecified atom stereocenters. The molecule has 1 heterocycles. The highest BCUT2D eigenvalue weighted by atomic mass is 16.7. The van der Waals surface area contributed by atoms with E-state index in [-0.39, 0.29) is 19.4 Å². The van der Waals surface area contributed by atoms with Gasteiger partial charge in [-0.2, -0.15) is 0 Å². The molecule has 0 aromatic carbocycles. The number of carbonyl (C=O) groups excluding carboxylic acids is 2. The number of carbonyl (C=O) groups is 2. The van der Waals surface area contributed by atoms with Gasteiger partial charge in [0.15, 0.2) is 12.4 Å². The van der Waals surface area contributed by atoms with Crippen molar-refractivity contribution < 1.29 is 49.3 Å². The first-order chi connectivity index (χ1) is 44.7. The minimum Gasteiger partial charge on any atom is -0.454 e. The standard InChI is InChI=1S/C80H145NO10/c1-4-7-10-13-16-19-22-25-27-29-31-33-35-37-39-41-43-45-47-50-53-56-59-62-65-68-75(85)91-78-77(87)76(86)74(69-82)90-80(78)89-70-71(72(83)66-63-60-57-54-51-48-24-21-18-15-12-9-6-3)81-79(88)73(84)67-64-61-58-55-52-49-46-44-42-40-38-36-34-32-30-28-26-23-20-17-14-11-8-5-2/h17,20,25-28,32,34,38,40,63,66,71-74,76-78,80,82-84,86-87H,4-16,18-19,21-24,29-31,33,35-37,39,41-62,64-65,67-70H2,1-3H3,(H,81,88)/b20-17-,27-25+,28-26-,34-32-,40-38-,66-63+. The number of esters is 1. The number of aliphatic hydroxyl groups excluding tert-OH is 5. The van der Waals surface area contributed by atoms with E-state index in [2.05, 4.69) is 86.8 Å². The van der Waals surface area contributed by atoms with Crippen LogP contribution in [0, 0.1) is 0 Å². The highest BCUT2D eigenvalue weighted by molar-refractivity contribution is 5.80. The van der Waals surface area contributed by atoms with Crippen LogP contribution in [-0.2, 0) is 23.8 Å². The lowest BCUT2D eigenvalue weighted by Crippen LogP contribution is -2.61. The van der Waals surface area contributed by atoms with Gasteiger partial charge in [-0.15, -0.1) is 0 Å². The Bertz CT molecular complexity index is 1760. The quantitative estimate of drug-likeness (QED) is 0.0195. The Morgan fingerprint density at radius 1 is 0.429 bits per heavy atom. The van der Waals surface area contributed by atoms with Crippen LogP contribution < -0.4 is 5.32 Å². The van der Waals surface area contributed by atoms with Crippen molar-refractivity contribution in [2.75, 3.05) is 13.2 Å². The van der Waals surface area contributed by atoms with Crippen LogP contribution in [0.15, 0.2) is 72.9 Å². The zero-order valence-electron chi connectivity index (χ0n) is 59.2. The topological polar surface area (TPSA) is 175 Å². The number of hydrogen-bond acceptors (Lipinski definition) is 10. The van der Waals surface area contributed by atoms with Crippen molar-refractivity contribution in [1.29, 1.82) is 0 Å². The van der Waals surface area contributed by atoms with Crippen LogP contribution in [0.3, 0.4) is 0 Å². The summed E-state index contributed by atoms with van der Waals surface area (Å²) in [5, 5.41) is 57.4. The molecule has 0 radical (unpaired) electrons. The van der Waals surface area contributed by atoms with Crippen LogP contribution in [0.25, 0.3) is 0 Å². The second-order valence-corrected chi connectivity index (χ2v) is 26.7. The molecule has 1 saturated heterocycles. The molecular weight excluding hydrogens is 1130 g/mol. The number of unbranched alkanes of at least 4 members (excludes halogenated alkanes) is 43. The van der Waals surface area contributed by atoms with Crippen molar-refractivity contribution >= 4 is 11.9 Å². The molecular formula is C80H145NO10. The molecule has 530 valence electrons. The number of amides is 1. The minimum atomic E-state index is -1.62. The zero-order chi connectivity index (χ0) is 66.0. The van der Waals surface area contributed by atoms with Gasteiger partial charge in [-0.05, 0) is 96.3 Å². The first kappa shape index (κ1) is 86.1. The van der Waals surface area contributed by atoms with Gasteiger partial charge in [0.05, 0.1) is 25.4 Å². The molecule has 91 heavy (non-hydrogen) atoms. The molecule has 0 bridgehead atoms. The first-order valence-corrected chi connectivity index (χ1v) is 38.7. The molecule has 1 amide bonds. The van der Waals surface area contributed by atoms with Crippen LogP contribution >= 0.6 is 0 Å². The van der Waals surface area contributed by atoms with E-state index in [1.54, 1.807) is 6.08 Å². The highest BCUT2D eigenvalue weighted by Crippen LogP contribution is 2.27. The van der Waals surface area contributed by atoms with E-state index in [0.717, 1.165) is 83.5 Å². The van der Waals surface area contributed by atoms with Gasteiger partial charge in [0.2, 0.25) is 5.91 Å². The summed E-state index contributed by atoms with van der Waals surface area (Å²) in [6, 6.07) is -1.03. The molecule has 0 aromatic rings. The summed E-state index contributed by atoms with van der Waals surface area (Å²) < 4.78 is 17.7. The largest absolute Gasteiger partial charge is 0.454 e. The molecule has 8 atom stereocenters. The van der Waals surface area contributed by atoms with Crippen LogP contribution in [0.5, 0.6) is 0 Å². The molecule has 11 nitrogen and oxygen atoms in total. The fourth-order valence-electron chi connectivity index (χ4n) is 12.0. The third kappa shape index (κ3) is 54.0. The van der Waals surface area contributed by atoms with Crippen LogP contribution in [-0.4, -0.2) is 99.6 Å². The SMILES string of the molecule is CCCCC/C=C\C/C=C\C/C=C\C/C=C\CCCCCCCCCCC(O)C(=O)NC(COC1OC(CO)C(O)C(O)C1OC(=O)CCCCCCCCCCCCCCCCC/C=C/CCCCCCCC)C(O)/C=C/CCCCCCCCCCCCC. The van der Waals surface area contributed by atoms with E-state index < -0.39 is 67.4 Å². The van der Waals surface area contributed by atoms with E-state index >= 15 is 0 Å². The fourth-order valence-corrected chi connectivity index (χ4v) is 12.0. The van der Waals surface area contributed by atoms with Crippen LogP contribution in [0.1, 0.15) is 361 Å². The third-order valence-corrected chi connectivity index (χ3v) is 18.1. The summed E-state index contributed by atoms with van der Waals surface area (Å²) in [4.78, 5) is 26.8. The van der Waals surface area contributed by atoms with E-state index in [1.807, 2.05) is 6.08 Å². The number of allylic oxidation sites excluding steroid dienone is 11. The normalized spacial score (nSPS) is 18.4. The summed E-state index contributed by atoms with van der Waals surface area (Å²) in [5.41, 5.74) is 0. The van der Waals surface area contributed by atoms with Gasteiger partial charge < -0.3 is 45.1 Å². The number of ether oxygens (including phenoxy) is 3. The Morgan fingerprint density at radius 3 is 1.16 bits per heavy atom. The number of hydrogen-bond donors (Lipinski definition) is 6. The molecule has 0 aromatic heterocycles. The first-order valence-electron chi connectivity index (χ1n) is 38.7. The van der Waals surface area contributed by atoms with Gasteiger partial charge in [0.25, 0.3) is 0 Å². The van der Waals surface area contributed by atoms with Gasteiger partial charge in [-0.25, -0.2) is 0 Å². The van der Waals surface area contributed by atoms with Crippen molar-refractivity contribution in [3.05, 3.63) is 72.9 Å². The zero-order valence-corrected chi connectivity index (χ0v) is 59.2. The summed E-state index contributed by atoms with van der Waals surface area (Å²) in [6.45, 7) is 5.81. The van der Waals surface area contributed by atoms with Gasteiger partial charge in [0.1, 0.15) is 24.4 Å². The smallest absolute Gasteiger partial charge is 0.306 e. The molecule has 1 aliphatic heterocycles. The summed E-state index contributed by atoms with van der Waals surface area (Å²) >= 11 is 0. The van der Waals surface area contributed by atoms with E-state index in [4.69, 9.17) is 14.2 Å². The van der Waals surface area contributed by atoms with Crippen molar-refractivity contribution in [3.8, 4) is 0 Å². The average Bonchev–Trinajstić information content (AvgIpc) is 1.00. The van der Waals surface area contributed by atoms with E-state index in [0.29, 0.717) is 12.8 Å². The lowest BCUT2D eigenvalue weighted by molar-refractivity contribution is -0.305. The molecule has 0 aliphatic carbocycles. The summed E-state index contributed by atoms with van der Waals surface area (Å²) in [7, 11) is 0.